The van der Waals surface area contributed by atoms with Crippen molar-refractivity contribution in [3.05, 3.63) is 29.8 Å². The van der Waals surface area contributed by atoms with Crippen molar-refractivity contribution in [1.29, 1.82) is 0 Å². The van der Waals surface area contributed by atoms with E-state index in [9.17, 15) is 9.59 Å². The van der Waals surface area contributed by atoms with Gasteiger partial charge in [0, 0.05) is 13.0 Å². The van der Waals surface area contributed by atoms with Gasteiger partial charge in [0.1, 0.15) is 5.75 Å². The van der Waals surface area contributed by atoms with E-state index >= 15 is 0 Å². The maximum Gasteiger partial charge on any atom is 0.306 e. The normalized spacial score (nSPS) is 11.9. The Bertz CT molecular complexity index is 482. The van der Waals surface area contributed by atoms with Crippen molar-refractivity contribution in [3.8, 4) is 5.75 Å². The van der Waals surface area contributed by atoms with E-state index in [1.807, 2.05) is 38.1 Å². The minimum absolute atomic E-state index is 0.297. The Balaban J connectivity index is 2.35. The van der Waals surface area contributed by atoms with Gasteiger partial charge in [-0.2, -0.15) is 0 Å². The molecule has 0 heterocycles. The Morgan fingerprint density at radius 2 is 1.77 bits per heavy atom. The fourth-order valence-corrected chi connectivity index (χ4v) is 1.79. The van der Waals surface area contributed by atoms with Gasteiger partial charge in [-0.25, -0.2) is 0 Å². The van der Waals surface area contributed by atoms with Gasteiger partial charge in [0.25, 0.3) is 5.91 Å². The molecule has 5 heteroatoms. The van der Waals surface area contributed by atoms with E-state index in [4.69, 9.17) is 9.47 Å². The average Bonchev–Trinajstić information content (AvgIpc) is 2.51. The largest absolute Gasteiger partial charge is 0.497 e. The quantitative estimate of drug-likeness (QED) is 0.750. The first-order valence-corrected chi connectivity index (χ1v) is 7.52. The molecule has 22 heavy (non-hydrogen) atoms. The van der Waals surface area contributed by atoms with Crippen molar-refractivity contribution in [1.82, 2.24) is 5.32 Å². The van der Waals surface area contributed by atoms with Crippen LogP contribution in [0.2, 0.25) is 0 Å². The molecule has 1 aromatic carbocycles. The Kier molecular flexibility index (Phi) is 7.43. The molecule has 0 spiro atoms. The van der Waals surface area contributed by atoms with Crippen LogP contribution in [-0.4, -0.2) is 25.1 Å². The Morgan fingerprint density at radius 1 is 1.14 bits per heavy atom. The van der Waals surface area contributed by atoms with Gasteiger partial charge in [0.15, 0.2) is 6.10 Å². The van der Waals surface area contributed by atoms with E-state index in [0.717, 1.165) is 17.7 Å². The van der Waals surface area contributed by atoms with E-state index in [1.54, 1.807) is 14.0 Å². The number of benzene rings is 1. The van der Waals surface area contributed by atoms with Gasteiger partial charge in [-0.1, -0.05) is 26.0 Å². The maximum absolute atomic E-state index is 11.9. The Morgan fingerprint density at radius 3 is 2.32 bits per heavy atom. The van der Waals surface area contributed by atoms with E-state index < -0.39 is 6.10 Å². The standard InChI is InChI=1S/C17H25NO4/c1-12(2)5-10-16(19)22-13(3)17(20)18-11-14-6-8-15(21-4)9-7-14/h6-9,12-13H,5,10-11H2,1-4H3,(H,18,20)/t13-/m0/s1. The summed E-state index contributed by atoms with van der Waals surface area (Å²) in [5.41, 5.74) is 0.951. The summed E-state index contributed by atoms with van der Waals surface area (Å²) in [6.45, 7) is 6.05. The molecule has 5 nitrogen and oxygen atoms in total. The number of methoxy groups -OCH3 is 1. The van der Waals surface area contributed by atoms with Gasteiger partial charge < -0.3 is 14.8 Å². The average molecular weight is 307 g/mol. The van der Waals surface area contributed by atoms with Gasteiger partial charge >= 0.3 is 5.97 Å². The zero-order valence-corrected chi connectivity index (χ0v) is 13.7. The number of carbonyl (C=O) groups excluding carboxylic acids is 2. The third-order valence-corrected chi connectivity index (χ3v) is 3.23. The maximum atomic E-state index is 11.9. The predicted octanol–water partition coefficient (Wildman–Crippen LogP) is 2.68. The van der Waals surface area contributed by atoms with E-state index in [2.05, 4.69) is 5.32 Å². The molecule has 1 rings (SSSR count). The SMILES string of the molecule is COc1ccc(CNC(=O)[C@H](C)OC(=O)CCC(C)C)cc1. The highest BCUT2D eigenvalue weighted by atomic mass is 16.5. The van der Waals surface area contributed by atoms with Gasteiger partial charge in [0.2, 0.25) is 0 Å². The van der Waals surface area contributed by atoms with Crippen molar-refractivity contribution in [2.24, 2.45) is 5.92 Å². The first kappa shape index (κ1) is 18.0. The number of hydrogen-bond acceptors (Lipinski definition) is 4. The summed E-state index contributed by atoms with van der Waals surface area (Å²) in [5.74, 6) is 0.573. The molecular weight excluding hydrogens is 282 g/mol. The van der Waals surface area contributed by atoms with Crippen molar-refractivity contribution < 1.29 is 19.1 Å². The molecule has 122 valence electrons. The molecule has 1 amide bonds. The highest BCUT2D eigenvalue weighted by Gasteiger charge is 2.17. The zero-order chi connectivity index (χ0) is 16.5. The van der Waals surface area contributed by atoms with Crippen LogP contribution >= 0.6 is 0 Å². The molecule has 1 atom stereocenters. The monoisotopic (exact) mass is 307 g/mol. The van der Waals surface area contributed by atoms with Crippen LogP contribution in [0.25, 0.3) is 0 Å². The first-order chi connectivity index (χ1) is 10.4. The predicted molar refractivity (Wildman–Crippen MR) is 84.5 cm³/mol. The second kappa shape index (κ2) is 9.07. The number of nitrogens with one attached hydrogen (secondary N) is 1. The van der Waals surface area contributed by atoms with E-state index in [-0.39, 0.29) is 11.9 Å². The smallest absolute Gasteiger partial charge is 0.306 e. The molecular formula is C17H25NO4. The number of rotatable bonds is 8. The van der Waals surface area contributed by atoms with Crippen molar-refractivity contribution in [2.75, 3.05) is 7.11 Å². The summed E-state index contributed by atoms with van der Waals surface area (Å²) in [6, 6.07) is 7.41. The minimum atomic E-state index is -0.780. The van der Waals surface area contributed by atoms with Crippen LogP contribution in [0.4, 0.5) is 0 Å². The summed E-state index contributed by atoms with van der Waals surface area (Å²) >= 11 is 0. The zero-order valence-electron chi connectivity index (χ0n) is 13.7. The molecule has 0 aromatic heterocycles. The number of amides is 1. The molecule has 0 aliphatic rings. The molecule has 0 aliphatic carbocycles. The van der Waals surface area contributed by atoms with Crippen molar-refractivity contribution in [2.45, 2.75) is 46.3 Å². The first-order valence-electron chi connectivity index (χ1n) is 7.52. The van der Waals surface area contributed by atoms with Crippen LogP contribution in [0.1, 0.15) is 39.2 Å². The number of carbonyl (C=O) groups is 2. The molecule has 1 N–H and O–H groups in total. The van der Waals surface area contributed by atoms with Crippen LogP contribution in [0.5, 0.6) is 5.75 Å². The summed E-state index contributed by atoms with van der Waals surface area (Å²) < 4.78 is 10.2. The molecule has 0 saturated heterocycles. The lowest BCUT2D eigenvalue weighted by Crippen LogP contribution is -2.35. The highest BCUT2D eigenvalue weighted by molar-refractivity contribution is 5.83. The van der Waals surface area contributed by atoms with Crippen molar-refractivity contribution >= 4 is 11.9 Å². The molecule has 1 aromatic rings. The molecule has 0 radical (unpaired) electrons. The number of ether oxygens (including phenoxy) is 2. The number of esters is 1. The Hall–Kier alpha value is -2.04. The molecule has 0 unspecified atom stereocenters. The van der Waals surface area contributed by atoms with Crippen LogP contribution in [0.15, 0.2) is 24.3 Å². The van der Waals surface area contributed by atoms with E-state index in [0.29, 0.717) is 18.9 Å². The van der Waals surface area contributed by atoms with Crippen LogP contribution in [-0.2, 0) is 20.9 Å². The van der Waals surface area contributed by atoms with Gasteiger partial charge in [-0.3, -0.25) is 9.59 Å². The lowest BCUT2D eigenvalue weighted by atomic mass is 10.1. The lowest BCUT2D eigenvalue weighted by Gasteiger charge is -2.14. The van der Waals surface area contributed by atoms with E-state index in [1.165, 1.54) is 0 Å². The lowest BCUT2D eigenvalue weighted by molar-refractivity contribution is -0.155. The third-order valence-electron chi connectivity index (χ3n) is 3.23. The number of hydrogen-bond donors (Lipinski definition) is 1. The second-order valence-corrected chi connectivity index (χ2v) is 5.63. The Labute approximate surface area is 132 Å². The minimum Gasteiger partial charge on any atom is -0.497 e. The summed E-state index contributed by atoms with van der Waals surface area (Å²) in [6.07, 6.45) is 0.324. The van der Waals surface area contributed by atoms with Crippen LogP contribution in [0.3, 0.4) is 0 Å². The third kappa shape index (κ3) is 6.61. The summed E-state index contributed by atoms with van der Waals surface area (Å²) in [7, 11) is 1.60. The summed E-state index contributed by atoms with van der Waals surface area (Å²) in [4.78, 5) is 23.5. The van der Waals surface area contributed by atoms with Gasteiger partial charge in [-0.05, 0) is 37.0 Å². The molecule has 0 fully saturated rings. The summed E-state index contributed by atoms with van der Waals surface area (Å²) in [5, 5.41) is 2.75. The van der Waals surface area contributed by atoms with Gasteiger partial charge in [0.05, 0.1) is 7.11 Å². The van der Waals surface area contributed by atoms with Crippen LogP contribution < -0.4 is 10.1 Å². The second-order valence-electron chi connectivity index (χ2n) is 5.63. The fraction of sp³-hybridized carbons (Fsp3) is 0.529. The molecule has 0 bridgehead atoms. The topological polar surface area (TPSA) is 64.6 Å². The van der Waals surface area contributed by atoms with Crippen LogP contribution in [0, 0.1) is 5.92 Å². The van der Waals surface area contributed by atoms with Gasteiger partial charge in [-0.15, -0.1) is 0 Å². The highest BCUT2D eigenvalue weighted by Crippen LogP contribution is 2.11. The molecule has 0 saturated carbocycles. The molecule has 0 aliphatic heterocycles. The van der Waals surface area contributed by atoms with Crippen molar-refractivity contribution in [3.63, 3.8) is 0 Å². The fourth-order valence-electron chi connectivity index (χ4n) is 1.79.